The van der Waals surface area contributed by atoms with Gasteiger partial charge in [-0.05, 0) is 55.5 Å². The van der Waals surface area contributed by atoms with Gasteiger partial charge >= 0.3 is 0 Å². The molecule has 10 heteroatoms. The van der Waals surface area contributed by atoms with Gasteiger partial charge in [-0.15, -0.1) is 5.10 Å². The summed E-state index contributed by atoms with van der Waals surface area (Å²) in [5.74, 6) is 1.00. The zero-order valence-corrected chi connectivity index (χ0v) is 20.1. The fourth-order valence-corrected chi connectivity index (χ4v) is 6.41. The van der Waals surface area contributed by atoms with Gasteiger partial charge in [-0.3, -0.25) is 9.47 Å². The number of para-hydroxylation sites is 1. The van der Waals surface area contributed by atoms with Crippen molar-refractivity contribution in [1.29, 1.82) is 0 Å². The van der Waals surface area contributed by atoms with Crippen LogP contribution >= 0.6 is 35.4 Å². The predicted octanol–water partition coefficient (Wildman–Crippen LogP) is 4.84. The van der Waals surface area contributed by atoms with E-state index in [1.807, 2.05) is 47.9 Å². The highest BCUT2D eigenvalue weighted by molar-refractivity contribution is 7.91. The third kappa shape index (κ3) is 4.73. The highest BCUT2D eigenvalue weighted by Gasteiger charge is 2.32. The van der Waals surface area contributed by atoms with Gasteiger partial charge in [-0.25, -0.2) is 13.1 Å². The van der Waals surface area contributed by atoms with Gasteiger partial charge in [0.25, 0.3) is 0 Å². The summed E-state index contributed by atoms with van der Waals surface area (Å²) in [4.78, 5) is 2.11. The monoisotopic (exact) mass is 496 g/mol. The van der Waals surface area contributed by atoms with E-state index in [1.54, 1.807) is 16.8 Å². The first-order chi connectivity index (χ1) is 14.8. The van der Waals surface area contributed by atoms with Crippen molar-refractivity contribution in [3.8, 4) is 17.1 Å². The van der Waals surface area contributed by atoms with Crippen LogP contribution in [0.5, 0.6) is 0 Å². The molecule has 1 atom stereocenters. The summed E-state index contributed by atoms with van der Waals surface area (Å²) >= 11 is 18.4. The lowest BCUT2D eigenvalue weighted by Gasteiger charge is -2.26. The van der Waals surface area contributed by atoms with Crippen LogP contribution in [0.1, 0.15) is 13.3 Å². The van der Waals surface area contributed by atoms with Crippen LogP contribution in [-0.4, -0.2) is 51.8 Å². The molecule has 0 saturated carbocycles. The number of nitrogens with zero attached hydrogens (tertiary/aromatic N) is 4. The van der Waals surface area contributed by atoms with Crippen LogP contribution in [0, 0.1) is 4.77 Å². The van der Waals surface area contributed by atoms with Crippen molar-refractivity contribution in [3.05, 3.63) is 63.3 Å². The Hall–Kier alpha value is -1.71. The van der Waals surface area contributed by atoms with E-state index >= 15 is 0 Å². The summed E-state index contributed by atoms with van der Waals surface area (Å²) in [5, 5.41) is 5.82. The fraction of sp³-hybridized carbons (Fsp3) is 0.333. The minimum Gasteiger partial charge on any atom is -0.281 e. The van der Waals surface area contributed by atoms with Crippen molar-refractivity contribution in [2.24, 2.45) is 0 Å². The fourth-order valence-electron chi connectivity index (χ4n) is 3.86. The smallest absolute Gasteiger partial charge is 0.204 e. The number of hydrogen-bond donors (Lipinski definition) is 0. The van der Waals surface area contributed by atoms with Crippen LogP contribution in [0.4, 0.5) is 0 Å². The summed E-state index contributed by atoms with van der Waals surface area (Å²) in [6.45, 7) is 3.10. The van der Waals surface area contributed by atoms with Crippen molar-refractivity contribution >= 4 is 45.3 Å². The molecular weight excluding hydrogens is 475 g/mol. The topological polar surface area (TPSA) is 60.1 Å². The number of hydrogen-bond acceptors (Lipinski definition) is 5. The minimum atomic E-state index is -2.98. The molecule has 0 spiro atoms. The highest BCUT2D eigenvalue weighted by Crippen LogP contribution is 2.31. The summed E-state index contributed by atoms with van der Waals surface area (Å²) in [6, 6.07) is 14.9. The molecule has 4 rings (SSSR count). The Morgan fingerprint density at radius 3 is 2.55 bits per heavy atom. The average Bonchev–Trinajstić information content (AvgIpc) is 3.25. The maximum atomic E-state index is 12.0. The lowest BCUT2D eigenvalue weighted by molar-refractivity contribution is 0.164. The second kappa shape index (κ2) is 9.03. The Balaban J connectivity index is 1.79. The summed E-state index contributed by atoms with van der Waals surface area (Å²) in [5.41, 5.74) is 1.58. The van der Waals surface area contributed by atoms with Gasteiger partial charge in [-0.1, -0.05) is 48.3 Å². The van der Waals surface area contributed by atoms with Crippen LogP contribution in [0.15, 0.2) is 48.5 Å². The van der Waals surface area contributed by atoms with Gasteiger partial charge in [-0.2, -0.15) is 0 Å². The molecule has 0 unspecified atom stereocenters. The molecule has 6 nitrogen and oxygen atoms in total. The van der Waals surface area contributed by atoms with Gasteiger partial charge in [0.05, 0.1) is 23.2 Å². The van der Waals surface area contributed by atoms with Gasteiger partial charge in [0.15, 0.2) is 15.7 Å². The van der Waals surface area contributed by atoms with Crippen LogP contribution in [-0.2, 0) is 16.5 Å². The van der Waals surface area contributed by atoms with Crippen LogP contribution in [0.3, 0.4) is 0 Å². The van der Waals surface area contributed by atoms with Gasteiger partial charge in [0.2, 0.25) is 4.77 Å². The summed E-state index contributed by atoms with van der Waals surface area (Å²) in [7, 11) is -2.98. The average molecular weight is 497 g/mol. The SMILES string of the molecule is CCN(Cn1nc(-c2ccc(Cl)cc2Cl)n(-c2ccccc2)c1=S)[C@H]1CCS(=O)(=O)C1. The number of sulfone groups is 1. The van der Waals surface area contributed by atoms with Gasteiger partial charge < -0.3 is 0 Å². The zero-order chi connectivity index (χ0) is 22.2. The third-order valence-corrected chi connectivity index (χ3v) is 8.16. The van der Waals surface area contributed by atoms with E-state index in [4.69, 9.17) is 40.5 Å². The molecular formula is C21H22Cl2N4O2S2. The molecule has 1 fully saturated rings. The summed E-state index contributed by atoms with van der Waals surface area (Å²) in [6.07, 6.45) is 0.624. The highest BCUT2D eigenvalue weighted by atomic mass is 35.5. The van der Waals surface area contributed by atoms with Gasteiger partial charge in [0.1, 0.15) is 0 Å². The Kier molecular flexibility index (Phi) is 6.55. The number of halogens is 2. The van der Waals surface area contributed by atoms with E-state index in [-0.39, 0.29) is 17.5 Å². The molecule has 3 aromatic rings. The first-order valence-electron chi connectivity index (χ1n) is 9.94. The molecule has 0 N–H and O–H groups in total. The lowest BCUT2D eigenvalue weighted by Crippen LogP contribution is -2.37. The van der Waals surface area contributed by atoms with Crippen LogP contribution < -0.4 is 0 Å². The Morgan fingerprint density at radius 1 is 1.19 bits per heavy atom. The molecule has 1 aromatic heterocycles. The normalized spacial score (nSPS) is 18.0. The lowest BCUT2D eigenvalue weighted by atomic mass is 10.2. The van der Waals surface area contributed by atoms with E-state index in [0.717, 1.165) is 5.69 Å². The zero-order valence-electron chi connectivity index (χ0n) is 16.9. The number of benzene rings is 2. The Morgan fingerprint density at radius 2 is 1.94 bits per heavy atom. The Bertz CT molecular complexity index is 1260. The second-order valence-corrected chi connectivity index (χ2v) is 10.9. The van der Waals surface area contributed by atoms with Gasteiger partial charge in [0, 0.05) is 22.3 Å². The minimum absolute atomic E-state index is 0.0404. The molecule has 0 aliphatic carbocycles. The number of aromatic nitrogens is 3. The molecule has 2 heterocycles. The van der Waals surface area contributed by atoms with E-state index in [2.05, 4.69) is 4.90 Å². The summed E-state index contributed by atoms with van der Waals surface area (Å²) < 4.78 is 28.1. The standard InChI is InChI=1S/C21H22Cl2N4O2S2/c1-2-25(17-10-11-31(28,29)13-17)14-26-21(30)27(16-6-4-3-5-7-16)20(24-26)18-9-8-15(22)12-19(18)23/h3-9,12,17H,2,10-11,13-14H2,1H3/t17-/m0/s1. The van der Waals surface area contributed by atoms with Crippen molar-refractivity contribution in [1.82, 2.24) is 19.2 Å². The first-order valence-corrected chi connectivity index (χ1v) is 12.9. The molecule has 1 saturated heterocycles. The van der Waals surface area contributed by atoms with E-state index < -0.39 is 9.84 Å². The van der Waals surface area contributed by atoms with Crippen LogP contribution in [0.2, 0.25) is 10.0 Å². The van der Waals surface area contributed by atoms with Crippen LogP contribution in [0.25, 0.3) is 17.1 Å². The maximum absolute atomic E-state index is 12.0. The molecule has 2 aromatic carbocycles. The van der Waals surface area contributed by atoms with Crippen molar-refractivity contribution in [2.45, 2.75) is 26.1 Å². The third-order valence-electron chi connectivity index (χ3n) is 5.47. The van der Waals surface area contributed by atoms with Crippen molar-refractivity contribution in [3.63, 3.8) is 0 Å². The number of rotatable bonds is 6. The van der Waals surface area contributed by atoms with Crippen molar-refractivity contribution < 1.29 is 8.42 Å². The van der Waals surface area contributed by atoms with E-state index in [1.165, 1.54) is 0 Å². The van der Waals surface area contributed by atoms with E-state index in [0.29, 0.717) is 45.8 Å². The Labute approximate surface area is 196 Å². The second-order valence-electron chi connectivity index (χ2n) is 7.50. The maximum Gasteiger partial charge on any atom is 0.204 e. The molecule has 0 amide bonds. The van der Waals surface area contributed by atoms with E-state index in [9.17, 15) is 8.42 Å². The molecule has 1 aliphatic heterocycles. The first kappa shape index (κ1) is 22.5. The molecule has 0 bridgehead atoms. The molecule has 31 heavy (non-hydrogen) atoms. The van der Waals surface area contributed by atoms with Crippen molar-refractivity contribution in [2.75, 3.05) is 18.1 Å². The largest absolute Gasteiger partial charge is 0.281 e. The molecule has 0 radical (unpaired) electrons. The molecule has 164 valence electrons. The molecule has 1 aliphatic rings. The predicted molar refractivity (Wildman–Crippen MR) is 127 cm³/mol. The quantitative estimate of drug-likeness (QED) is 0.456.